The fourth-order valence-electron chi connectivity index (χ4n) is 3.87. The molecule has 1 fully saturated rings. The Balaban J connectivity index is 2.40. The lowest BCUT2D eigenvalue weighted by Crippen LogP contribution is -2.48. The molecule has 0 aromatic rings. The van der Waals surface area contributed by atoms with Crippen molar-refractivity contribution in [3.05, 3.63) is 12.2 Å². The third kappa shape index (κ3) is 8.30. The molecule has 1 saturated carbocycles. The van der Waals surface area contributed by atoms with Crippen LogP contribution in [0.4, 0.5) is 4.79 Å². The van der Waals surface area contributed by atoms with Gasteiger partial charge in [-0.15, -0.1) is 0 Å². The zero-order chi connectivity index (χ0) is 19.6. The monoisotopic (exact) mass is 366 g/mol. The Morgan fingerprint density at radius 1 is 1.23 bits per heavy atom. The van der Waals surface area contributed by atoms with Gasteiger partial charge in [-0.25, -0.2) is 19.4 Å². The van der Waals surface area contributed by atoms with Gasteiger partial charge in [-0.2, -0.15) is 0 Å². The van der Waals surface area contributed by atoms with E-state index in [2.05, 4.69) is 31.1 Å². The van der Waals surface area contributed by atoms with E-state index in [1.165, 1.54) is 6.08 Å². The van der Waals surface area contributed by atoms with Gasteiger partial charge in [0.2, 0.25) is 6.08 Å². The van der Waals surface area contributed by atoms with Gasteiger partial charge in [0.1, 0.15) is 0 Å². The summed E-state index contributed by atoms with van der Waals surface area (Å²) in [6, 6.07) is -0.0365. The second-order valence-corrected chi connectivity index (χ2v) is 7.97. The van der Waals surface area contributed by atoms with Crippen LogP contribution in [-0.4, -0.2) is 43.9 Å². The fourth-order valence-corrected chi connectivity index (χ4v) is 3.87. The molecular weight excluding hydrogens is 336 g/mol. The van der Waals surface area contributed by atoms with E-state index in [4.69, 9.17) is 9.47 Å². The van der Waals surface area contributed by atoms with Crippen LogP contribution in [0.3, 0.4) is 0 Å². The van der Waals surface area contributed by atoms with Gasteiger partial charge in [-0.3, -0.25) is 0 Å². The number of carbonyl (C=O) groups is 2. The number of aliphatic imine (C=N–C) groups is 1. The van der Waals surface area contributed by atoms with Crippen molar-refractivity contribution >= 4 is 18.1 Å². The summed E-state index contributed by atoms with van der Waals surface area (Å²) in [6.45, 7) is 8.89. The Labute approximate surface area is 155 Å². The van der Waals surface area contributed by atoms with Crippen molar-refractivity contribution in [1.29, 1.82) is 0 Å². The van der Waals surface area contributed by atoms with Crippen LogP contribution in [0.25, 0.3) is 0 Å². The second-order valence-electron chi connectivity index (χ2n) is 7.97. The minimum atomic E-state index is -0.478. The number of nitrogens with zero attached hydrogens (tertiary/aromatic N) is 1. The zero-order valence-corrected chi connectivity index (χ0v) is 16.2. The summed E-state index contributed by atoms with van der Waals surface area (Å²) < 4.78 is 10.1. The van der Waals surface area contributed by atoms with E-state index < -0.39 is 12.1 Å². The minimum Gasteiger partial charge on any atom is -0.462 e. The number of amides is 1. The Morgan fingerprint density at radius 2 is 1.92 bits per heavy atom. The van der Waals surface area contributed by atoms with Crippen molar-refractivity contribution in [2.24, 2.45) is 15.8 Å². The van der Waals surface area contributed by atoms with Gasteiger partial charge in [0.15, 0.2) is 0 Å². The first kappa shape index (κ1) is 21.9. The van der Waals surface area contributed by atoms with Crippen LogP contribution in [0.2, 0.25) is 0 Å². The maximum atomic E-state index is 12.0. The summed E-state index contributed by atoms with van der Waals surface area (Å²) in [4.78, 5) is 37.3. The molecule has 0 aliphatic heterocycles. The van der Waals surface area contributed by atoms with E-state index >= 15 is 0 Å². The van der Waals surface area contributed by atoms with Gasteiger partial charge in [-0.1, -0.05) is 26.8 Å². The van der Waals surface area contributed by atoms with E-state index in [-0.39, 0.29) is 30.1 Å². The number of rotatable bonds is 8. The molecule has 146 valence electrons. The molecule has 1 N–H and O–H groups in total. The van der Waals surface area contributed by atoms with Crippen molar-refractivity contribution in [2.45, 2.75) is 59.4 Å². The highest BCUT2D eigenvalue weighted by Crippen LogP contribution is 2.46. The predicted octanol–water partition coefficient (Wildman–Crippen LogP) is 3.14. The van der Waals surface area contributed by atoms with Crippen LogP contribution in [-0.2, 0) is 19.1 Å². The van der Waals surface area contributed by atoms with E-state index in [9.17, 15) is 14.4 Å². The van der Waals surface area contributed by atoms with Gasteiger partial charge < -0.3 is 14.8 Å². The first-order valence-corrected chi connectivity index (χ1v) is 8.96. The van der Waals surface area contributed by atoms with Gasteiger partial charge in [0.05, 0.1) is 19.8 Å². The third-order valence-corrected chi connectivity index (χ3v) is 4.36. The molecule has 0 aromatic heterocycles. The smallest absolute Gasteiger partial charge is 0.407 e. The average Bonchev–Trinajstić information content (AvgIpc) is 2.51. The molecule has 7 heteroatoms. The molecular formula is C19H30N2O5. The van der Waals surface area contributed by atoms with Crippen LogP contribution < -0.4 is 5.32 Å². The number of nitrogens with one attached hydrogen (secondary N) is 1. The molecule has 1 aliphatic carbocycles. The fraction of sp³-hybridized carbons (Fsp3) is 0.737. The first-order chi connectivity index (χ1) is 12.2. The molecule has 0 saturated heterocycles. The number of esters is 1. The molecule has 2 unspecified atom stereocenters. The molecule has 0 radical (unpaired) electrons. The van der Waals surface area contributed by atoms with Gasteiger partial charge in [-0.05, 0) is 37.0 Å². The van der Waals surface area contributed by atoms with Crippen molar-refractivity contribution in [3.8, 4) is 0 Å². The molecule has 0 aromatic carbocycles. The number of hydrogen-bond donors (Lipinski definition) is 1. The Bertz CT molecular complexity index is 566. The third-order valence-electron chi connectivity index (χ3n) is 4.36. The molecule has 1 aliphatic rings. The molecule has 2 atom stereocenters. The largest absolute Gasteiger partial charge is 0.462 e. The first-order valence-electron chi connectivity index (χ1n) is 8.96. The zero-order valence-electron chi connectivity index (χ0n) is 16.2. The number of alkyl carbamates (subject to hydrolysis) is 1. The number of isocyanates is 1. The van der Waals surface area contributed by atoms with E-state index in [1.807, 2.05) is 0 Å². The van der Waals surface area contributed by atoms with Gasteiger partial charge in [0.25, 0.3) is 0 Å². The van der Waals surface area contributed by atoms with Gasteiger partial charge in [0, 0.05) is 18.5 Å². The van der Waals surface area contributed by atoms with Crippen LogP contribution in [0.1, 0.15) is 53.4 Å². The number of carbonyl (C=O) groups excluding carboxylic acids is 3. The molecule has 7 nitrogen and oxygen atoms in total. The van der Waals surface area contributed by atoms with Crippen molar-refractivity contribution in [3.63, 3.8) is 0 Å². The predicted molar refractivity (Wildman–Crippen MR) is 97.4 cm³/mol. The van der Waals surface area contributed by atoms with Crippen LogP contribution in [0, 0.1) is 10.8 Å². The highest BCUT2D eigenvalue weighted by atomic mass is 16.6. The number of ether oxygens (including phenoxy) is 2. The molecule has 26 heavy (non-hydrogen) atoms. The lowest BCUT2D eigenvalue weighted by molar-refractivity contribution is -0.138. The summed E-state index contributed by atoms with van der Waals surface area (Å²) in [6.07, 6.45) is 7.00. The minimum absolute atomic E-state index is 0.0321. The van der Waals surface area contributed by atoms with E-state index in [1.54, 1.807) is 19.1 Å². The van der Waals surface area contributed by atoms with Crippen LogP contribution >= 0.6 is 0 Å². The second kappa shape index (κ2) is 10.1. The standard InChI is InChI=1S/C19H30N2O5/c1-5-7-16(23)25-8-6-9-26-17(24)21-15-10-18(2,3)12-19(4,11-15)13-20-14-22/h5,7,15H,6,8-13H2,1-4H3,(H,21,24). The number of allylic oxidation sites excluding steroid dienone is 1. The number of hydrogen-bond acceptors (Lipinski definition) is 6. The maximum absolute atomic E-state index is 12.0. The normalized spacial score (nSPS) is 24.5. The van der Waals surface area contributed by atoms with E-state index in [0.29, 0.717) is 13.0 Å². The summed E-state index contributed by atoms with van der Waals surface area (Å²) >= 11 is 0. The van der Waals surface area contributed by atoms with Crippen molar-refractivity contribution in [1.82, 2.24) is 5.32 Å². The highest BCUT2D eigenvalue weighted by molar-refractivity contribution is 5.81. The molecule has 1 rings (SSSR count). The highest BCUT2D eigenvalue weighted by Gasteiger charge is 2.41. The summed E-state index contributed by atoms with van der Waals surface area (Å²) in [5, 5.41) is 2.91. The lowest BCUT2D eigenvalue weighted by atomic mass is 9.62. The molecule has 1 amide bonds. The molecule has 0 bridgehead atoms. The van der Waals surface area contributed by atoms with Gasteiger partial charge >= 0.3 is 12.1 Å². The summed E-state index contributed by atoms with van der Waals surface area (Å²) in [7, 11) is 0. The van der Waals surface area contributed by atoms with E-state index in [0.717, 1.165) is 19.3 Å². The average molecular weight is 366 g/mol. The van der Waals surface area contributed by atoms with Crippen molar-refractivity contribution in [2.75, 3.05) is 19.8 Å². The summed E-state index contributed by atoms with van der Waals surface area (Å²) in [5.41, 5.74) is -0.123. The lowest BCUT2D eigenvalue weighted by Gasteiger charge is -2.45. The molecule has 0 spiro atoms. The SMILES string of the molecule is CC=CC(=O)OCCCOC(=O)NC1CC(C)(C)CC(C)(CN=C=O)C1. The van der Waals surface area contributed by atoms with Crippen LogP contribution in [0.5, 0.6) is 0 Å². The Kier molecular flexibility index (Phi) is 8.52. The quantitative estimate of drug-likeness (QED) is 0.234. The Morgan fingerprint density at radius 3 is 2.58 bits per heavy atom. The Hall–Kier alpha value is -2.14. The summed E-state index contributed by atoms with van der Waals surface area (Å²) in [5.74, 6) is -0.404. The molecule has 0 heterocycles. The van der Waals surface area contributed by atoms with Crippen molar-refractivity contribution < 1.29 is 23.9 Å². The maximum Gasteiger partial charge on any atom is 0.407 e. The topological polar surface area (TPSA) is 94.1 Å². The van der Waals surface area contributed by atoms with Crippen LogP contribution in [0.15, 0.2) is 17.1 Å².